The van der Waals surface area contributed by atoms with E-state index in [4.69, 9.17) is 5.73 Å². The van der Waals surface area contributed by atoms with Crippen LogP contribution >= 0.6 is 0 Å². The normalized spacial score (nSPS) is 21.0. The van der Waals surface area contributed by atoms with Gasteiger partial charge in [-0.05, 0) is 42.5 Å². The van der Waals surface area contributed by atoms with E-state index in [1.807, 2.05) is 0 Å². The SMILES string of the molecule is NC(=O)n1cc(NC(=O)N2C3CC3C[C@H]2C(=O)Cc2cccc(OC(F)(F)F)c2)c2ccccc21. The smallest absolute Gasteiger partial charge is 0.406 e. The zero-order valence-corrected chi connectivity index (χ0v) is 18.3. The monoisotopic (exact) mass is 486 g/mol. The number of rotatable bonds is 5. The van der Waals surface area contributed by atoms with Gasteiger partial charge in [0.1, 0.15) is 5.75 Å². The molecule has 2 aliphatic rings. The number of benzene rings is 2. The quantitative estimate of drug-likeness (QED) is 0.562. The molecule has 8 nitrogen and oxygen atoms in total. The lowest BCUT2D eigenvalue weighted by molar-refractivity contribution is -0.274. The lowest BCUT2D eigenvalue weighted by Gasteiger charge is -2.27. The van der Waals surface area contributed by atoms with Gasteiger partial charge in [-0.1, -0.05) is 30.3 Å². The number of hydrogen-bond donors (Lipinski definition) is 2. The molecule has 1 saturated heterocycles. The number of ketones is 1. The van der Waals surface area contributed by atoms with Crippen molar-refractivity contribution in [1.82, 2.24) is 9.47 Å². The lowest BCUT2D eigenvalue weighted by Crippen LogP contribution is -2.45. The number of nitrogens with one attached hydrogen (secondary N) is 1. The molecule has 182 valence electrons. The number of urea groups is 1. The van der Waals surface area contributed by atoms with Gasteiger partial charge in [-0.25, -0.2) is 9.59 Å². The maximum atomic E-state index is 13.2. The second kappa shape index (κ2) is 8.33. The Bertz CT molecular complexity index is 1340. The number of aromatic nitrogens is 1. The van der Waals surface area contributed by atoms with E-state index in [9.17, 15) is 27.6 Å². The Labute approximate surface area is 197 Å². The summed E-state index contributed by atoms with van der Waals surface area (Å²) < 4.78 is 42.7. The molecule has 1 saturated carbocycles. The lowest BCUT2D eigenvalue weighted by atomic mass is 10.0. The summed E-state index contributed by atoms with van der Waals surface area (Å²) in [6.07, 6.45) is -2.24. The molecule has 2 aromatic carbocycles. The van der Waals surface area contributed by atoms with Gasteiger partial charge in [0.2, 0.25) is 0 Å². The minimum Gasteiger partial charge on any atom is -0.406 e. The molecule has 2 unspecified atom stereocenters. The number of alkyl halides is 3. The first-order chi connectivity index (χ1) is 16.6. The van der Waals surface area contributed by atoms with Crippen molar-refractivity contribution in [3.05, 3.63) is 60.3 Å². The molecule has 0 radical (unpaired) electrons. The number of nitrogens with two attached hydrogens (primary N) is 1. The minimum absolute atomic E-state index is 0.0756. The van der Waals surface area contributed by atoms with Crippen molar-refractivity contribution in [2.45, 2.75) is 37.7 Å². The average Bonchev–Trinajstić information content (AvgIpc) is 3.28. The fourth-order valence-electron chi connectivity index (χ4n) is 4.85. The molecule has 1 aliphatic heterocycles. The number of Topliss-reactive ketones (excluding diaryl/α,β-unsaturated/α-hetero) is 1. The number of primary amides is 1. The van der Waals surface area contributed by atoms with Gasteiger partial charge >= 0.3 is 18.4 Å². The molecule has 0 spiro atoms. The largest absolute Gasteiger partial charge is 0.573 e. The van der Waals surface area contributed by atoms with Crippen LogP contribution in [0.3, 0.4) is 0 Å². The molecule has 5 rings (SSSR count). The fraction of sp³-hybridized carbons (Fsp3) is 0.292. The predicted molar refractivity (Wildman–Crippen MR) is 120 cm³/mol. The van der Waals surface area contributed by atoms with Crippen LogP contribution in [0.4, 0.5) is 28.4 Å². The topological polar surface area (TPSA) is 107 Å². The maximum absolute atomic E-state index is 13.2. The van der Waals surface area contributed by atoms with Gasteiger partial charge in [-0.2, -0.15) is 0 Å². The molecule has 35 heavy (non-hydrogen) atoms. The highest BCUT2D eigenvalue weighted by atomic mass is 19.4. The number of halogens is 3. The van der Waals surface area contributed by atoms with Crippen molar-refractivity contribution >= 4 is 34.4 Å². The number of likely N-dealkylation sites (tertiary alicyclic amines) is 1. The fourth-order valence-corrected chi connectivity index (χ4v) is 4.85. The Balaban J connectivity index is 1.33. The second-order valence-corrected chi connectivity index (χ2v) is 8.76. The van der Waals surface area contributed by atoms with Crippen LogP contribution in [0.5, 0.6) is 5.75 Å². The molecule has 3 atom stereocenters. The Morgan fingerprint density at radius 3 is 2.60 bits per heavy atom. The summed E-state index contributed by atoms with van der Waals surface area (Å²) in [7, 11) is 0. The molecule has 1 aliphatic carbocycles. The summed E-state index contributed by atoms with van der Waals surface area (Å²) in [5, 5.41) is 3.42. The van der Waals surface area contributed by atoms with Crippen LogP contribution in [-0.4, -0.2) is 45.8 Å². The Kier molecular flexibility index (Phi) is 5.42. The van der Waals surface area contributed by atoms with E-state index < -0.39 is 30.2 Å². The van der Waals surface area contributed by atoms with E-state index in [-0.39, 0.29) is 24.2 Å². The Hall–Kier alpha value is -4.02. The van der Waals surface area contributed by atoms with E-state index in [0.717, 1.165) is 12.5 Å². The summed E-state index contributed by atoms with van der Waals surface area (Å²) in [5.41, 5.74) is 6.72. The third kappa shape index (κ3) is 4.53. The van der Waals surface area contributed by atoms with Crippen molar-refractivity contribution in [2.24, 2.45) is 11.7 Å². The number of piperidine rings is 1. The van der Waals surface area contributed by atoms with Crippen LogP contribution in [0.25, 0.3) is 10.9 Å². The van der Waals surface area contributed by atoms with E-state index in [0.29, 0.717) is 28.6 Å². The number of hydrogen-bond acceptors (Lipinski definition) is 4. The maximum Gasteiger partial charge on any atom is 0.573 e. The molecular weight excluding hydrogens is 465 g/mol. The molecule has 2 fully saturated rings. The van der Waals surface area contributed by atoms with Crippen molar-refractivity contribution in [3.63, 3.8) is 0 Å². The van der Waals surface area contributed by atoms with Gasteiger partial charge in [0.05, 0.1) is 17.2 Å². The van der Waals surface area contributed by atoms with Gasteiger partial charge < -0.3 is 20.7 Å². The number of para-hydroxylation sites is 1. The third-order valence-electron chi connectivity index (χ3n) is 6.41. The van der Waals surface area contributed by atoms with Crippen LogP contribution in [-0.2, 0) is 11.2 Å². The summed E-state index contributed by atoms with van der Waals surface area (Å²) >= 11 is 0. The van der Waals surface area contributed by atoms with E-state index in [1.54, 1.807) is 30.3 Å². The Morgan fingerprint density at radius 1 is 1.09 bits per heavy atom. The van der Waals surface area contributed by atoms with Crippen LogP contribution < -0.4 is 15.8 Å². The number of fused-ring (bicyclic) bond motifs is 2. The minimum atomic E-state index is -4.83. The summed E-state index contributed by atoms with van der Waals surface area (Å²) in [4.78, 5) is 39.6. The second-order valence-electron chi connectivity index (χ2n) is 8.76. The number of ether oxygens (including phenoxy) is 1. The predicted octanol–water partition coefficient (Wildman–Crippen LogP) is 4.27. The molecule has 0 bridgehead atoms. The number of anilines is 1. The van der Waals surface area contributed by atoms with Crippen molar-refractivity contribution in [3.8, 4) is 5.75 Å². The van der Waals surface area contributed by atoms with E-state index in [2.05, 4.69) is 10.1 Å². The van der Waals surface area contributed by atoms with Gasteiger partial charge in [-0.3, -0.25) is 9.36 Å². The standard InChI is InChI=1S/C24H21F3N4O4/c25-24(26,27)35-15-5-3-4-13(8-15)9-21(32)20-11-14-10-19(14)31(20)23(34)29-17-12-30(22(28)33)18-7-2-1-6-16(17)18/h1-8,12,14,19-20H,9-11H2,(H2,28,33)(H,29,34)/t14?,19?,20-/m0/s1. The molecule has 3 N–H and O–H groups in total. The first-order valence-electron chi connectivity index (χ1n) is 11.0. The Morgan fingerprint density at radius 2 is 1.86 bits per heavy atom. The first kappa shape index (κ1) is 22.8. The van der Waals surface area contributed by atoms with Crippen molar-refractivity contribution in [2.75, 3.05) is 5.32 Å². The number of amides is 3. The number of nitrogens with zero attached hydrogens (tertiary/aromatic N) is 2. The molecule has 2 heterocycles. The highest BCUT2D eigenvalue weighted by Gasteiger charge is 2.55. The molecule has 3 aromatic rings. The zero-order valence-electron chi connectivity index (χ0n) is 18.3. The van der Waals surface area contributed by atoms with Crippen LogP contribution in [0.1, 0.15) is 18.4 Å². The van der Waals surface area contributed by atoms with E-state index >= 15 is 0 Å². The highest BCUT2D eigenvalue weighted by molar-refractivity contribution is 6.05. The van der Waals surface area contributed by atoms with Crippen LogP contribution in [0.15, 0.2) is 54.7 Å². The summed E-state index contributed by atoms with van der Waals surface area (Å²) in [5.74, 6) is -0.463. The van der Waals surface area contributed by atoms with Gasteiger partial charge in [0.25, 0.3) is 0 Å². The average molecular weight is 486 g/mol. The molecule has 11 heteroatoms. The van der Waals surface area contributed by atoms with E-state index in [1.165, 1.54) is 27.8 Å². The number of carbonyl (C=O) groups is 3. The van der Waals surface area contributed by atoms with Crippen molar-refractivity contribution in [1.29, 1.82) is 0 Å². The van der Waals surface area contributed by atoms with Crippen LogP contribution in [0, 0.1) is 5.92 Å². The zero-order chi connectivity index (χ0) is 24.9. The molecular formula is C24H21F3N4O4. The highest BCUT2D eigenvalue weighted by Crippen LogP contribution is 2.48. The molecule has 1 aromatic heterocycles. The van der Waals surface area contributed by atoms with Gasteiger partial charge in [0, 0.05) is 24.0 Å². The van der Waals surface area contributed by atoms with Gasteiger partial charge in [0.15, 0.2) is 5.78 Å². The van der Waals surface area contributed by atoms with Crippen molar-refractivity contribution < 1.29 is 32.3 Å². The van der Waals surface area contributed by atoms with Crippen LogP contribution in [0.2, 0.25) is 0 Å². The molecule has 3 amide bonds. The van der Waals surface area contributed by atoms with Gasteiger partial charge in [-0.15, -0.1) is 13.2 Å². The summed E-state index contributed by atoms with van der Waals surface area (Å²) in [6.45, 7) is 0. The first-order valence-corrected chi connectivity index (χ1v) is 11.0. The third-order valence-corrected chi connectivity index (χ3v) is 6.41. The number of carbonyl (C=O) groups excluding carboxylic acids is 3. The summed E-state index contributed by atoms with van der Waals surface area (Å²) in [6, 6.07) is 10.3.